The van der Waals surface area contributed by atoms with Gasteiger partial charge in [-0.05, 0) is 12.1 Å². The zero-order valence-electron chi connectivity index (χ0n) is 12.7. The molecule has 0 atom stereocenters. The molecule has 2 rings (SSSR count). The van der Waals surface area contributed by atoms with Gasteiger partial charge in [-0.15, -0.1) is 0 Å². The van der Waals surface area contributed by atoms with Gasteiger partial charge >= 0.3 is 5.76 Å². The molecule has 1 aromatic carbocycles. The van der Waals surface area contributed by atoms with Crippen molar-refractivity contribution in [3.8, 4) is 0 Å². The van der Waals surface area contributed by atoms with Gasteiger partial charge in [0, 0.05) is 22.6 Å². The van der Waals surface area contributed by atoms with E-state index in [-0.39, 0.29) is 6.29 Å². The standard InChI is InChI=1S/C13H6F3IN4O5S/c14-6-3-1-2-5(8(6)21-27(25,26)13(15)16)9(23)11-18-7(4-22)19-12(20-11)10(17)24/h1-4,13,21H. The van der Waals surface area contributed by atoms with Crippen molar-refractivity contribution in [3.63, 3.8) is 0 Å². The molecule has 1 N–H and O–H groups in total. The van der Waals surface area contributed by atoms with Crippen molar-refractivity contribution < 1.29 is 36.0 Å². The Labute approximate surface area is 162 Å². The molecular weight excluding hydrogens is 508 g/mol. The smallest absolute Gasteiger partial charge is 0.294 e. The molecule has 27 heavy (non-hydrogen) atoms. The van der Waals surface area contributed by atoms with E-state index in [0.29, 0.717) is 0 Å². The fourth-order valence-electron chi connectivity index (χ4n) is 1.76. The molecule has 0 aliphatic rings. The first-order chi connectivity index (χ1) is 12.6. The number of rotatable bonds is 7. The molecule has 14 heteroatoms. The van der Waals surface area contributed by atoms with Gasteiger partial charge in [0.2, 0.25) is 17.4 Å². The van der Waals surface area contributed by atoms with Crippen LogP contribution in [0.15, 0.2) is 18.2 Å². The Morgan fingerprint density at radius 3 is 2.33 bits per heavy atom. The second kappa shape index (κ2) is 8.03. The number of carbonyl (C=O) groups is 3. The monoisotopic (exact) mass is 514 g/mol. The predicted molar refractivity (Wildman–Crippen MR) is 91.9 cm³/mol. The molecule has 0 aliphatic carbocycles. The van der Waals surface area contributed by atoms with Crippen LogP contribution in [0.5, 0.6) is 0 Å². The number of hydrogen-bond donors (Lipinski definition) is 1. The van der Waals surface area contributed by atoms with Crippen molar-refractivity contribution in [2.24, 2.45) is 0 Å². The Balaban J connectivity index is 2.61. The molecule has 0 aliphatic heterocycles. The Kier molecular flexibility index (Phi) is 6.19. The minimum Gasteiger partial charge on any atom is -0.294 e. The highest BCUT2D eigenvalue weighted by Crippen LogP contribution is 2.24. The van der Waals surface area contributed by atoms with Crippen molar-refractivity contribution in [3.05, 3.63) is 47.1 Å². The molecule has 0 saturated carbocycles. The summed E-state index contributed by atoms with van der Waals surface area (Å²) in [5.74, 6) is -8.36. The highest BCUT2D eigenvalue weighted by molar-refractivity contribution is 14.1. The maximum atomic E-state index is 14.0. The van der Waals surface area contributed by atoms with Gasteiger partial charge < -0.3 is 0 Å². The summed E-state index contributed by atoms with van der Waals surface area (Å²) >= 11 is 1.28. The van der Waals surface area contributed by atoms with Crippen molar-refractivity contribution in [2.45, 2.75) is 5.76 Å². The first-order valence-corrected chi connectivity index (χ1v) is 9.23. The normalized spacial score (nSPS) is 11.3. The lowest BCUT2D eigenvalue weighted by Gasteiger charge is -2.12. The summed E-state index contributed by atoms with van der Waals surface area (Å²) in [4.78, 5) is 45.2. The number of ketones is 1. The zero-order valence-corrected chi connectivity index (χ0v) is 15.7. The van der Waals surface area contributed by atoms with E-state index in [4.69, 9.17) is 0 Å². The van der Waals surface area contributed by atoms with E-state index in [1.165, 1.54) is 27.3 Å². The molecule has 0 fully saturated rings. The minimum atomic E-state index is -5.29. The number of para-hydroxylation sites is 1. The molecule has 0 radical (unpaired) electrons. The van der Waals surface area contributed by atoms with Crippen LogP contribution in [-0.2, 0) is 10.0 Å². The van der Waals surface area contributed by atoms with Gasteiger partial charge in [0.05, 0.1) is 11.3 Å². The van der Waals surface area contributed by atoms with Gasteiger partial charge in [-0.25, -0.2) is 27.8 Å². The third kappa shape index (κ3) is 4.62. The fraction of sp³-hybridized carbons (Fsp3) is 0.0769. The van der Waals surface area contributed by atoms with Crippen LogP contribution >= 0.6 is 22.6 Å². The number of hydrogen-bond acceptors (Lipinski definition) is 8. The zero-order chi connectivity index (χ0) is 20.4. The summed E-state index contributed by atoms with van der Waals surface area (Å²) in [6.45, 7) is 0. The Bertz CT molecular complexity index is 1050. The number of halogens is 4. The van der Waals surface area contributed by atoms with Crippen LogP contribution in [0.1, 0.15) is 37.4 Å². The molecule has 0 unspecified atom stereocenters. The van der Waals surface area contributed by atoms with Crippen LogP contribution < -0.4 is 4.72 Å². The second-order valence-electron chi connectivity index (χ2n) is 4.63. The van der Waals surface area contributed by atoms with Crippen molar-refractivity contribution in [1.29, 1.82) is 0 Å². The lowest BCUT2D eigenvalue weighted by molar-refractivity contribution is 0.102. The number of nitrogens with one attached hydrogen (secondary N) is 1. The number of nitrogens with zero attached hydrogens (tertiary/aromatic N) is 3. The summed E-state index contributed by atoms with van der Waals surface area (Å²) in [7, 11) is -5.29. The lowest BCUT2D eigenvalue weighted by atomic mass is 10.1. The summed E-state index contributed by atoms with van der Waals surface area (Å²) in [5, 5.41) is 0. The van der Waals surface area contributed by atoms with Gasteiger partial charge in [-0.3, -0.25) is 19.1 Å². The number of carbonyl (C=O) groups excluding carboxylic acids is 3. The van der Waals surface area contributed by atoms with Gasteiger partial charge in [-0.1, -0.05) is 6.07 Å². The third-order valence-corrected chi connectivity index (χ3v) is 4.31. The number of alkyl halides is 2. The fourth-order valence-corrected chi connectivity index (χ4v) is 2.58. The summed E-state index contributed by atoms with van der Waals surface area (Å²) in [6, 6.07) is 2.66. The molecule has 0 bridgehead atoms. The largest absolute Gasteiger partial charge is 0.355 e. The van der Waals surface area contributed by atoms with Crippen LogP contribution in [0, 0.1) is 5.82 Å². The molecule has 0 saturated heterocycles. The Hall–Kier alpha value is -2.49. The Morgan fingerprint density at radius 2 is 1.78 bits per heavy atom. The topological polar surface area (TPSA) is 136 Å². The van der Waals surface area contributed by atoms with Crippen LogP contribution in [0.4, 0.5) is 18.9 Å². The van der Waals surface area contributed by atoms with Crippen molar-refractivity contribution >= 4 is 54.2 Å². The molecule has 1 heterocycles. The van der Waals surface area contributed by atoms with Crippen molar-refractivity contribution in [1.82, 2.24) is 15.0 Å². The molecule has 2 aromatic rings. The van der Waals surface area contributed by atoms with E-state index in [2.05, 4.69) is 15.0 Å². The number of anilines is 1. The lowest BCUT2D eigenvalue weighted by Crippen LogP contribution is -2.23. The van der Waals surface area contributed by atoms with E-state index in [1.54, 1.807) is 0 Å². The predicted octanol–water partition coefficient (Wildman–Crippen LogP) is 1.59. The third-order valence-electron chi connectivity index (χ3n) is 2.87. The quantitative estimate of drug-likeness (QED) is 0.255. The SMILES string of the molecule is O=Cc1nc(C(=O)I)nc(C(=O)c2cccc(F)c2NS(=O)(=O)C(F)F)n1. The second-order valence-corrected chi connectivity index (χ2v) is 7.26. The van der Waals surface area contributed by atoms with Gasteiger partial charge in [-0.2, -0.15) is 8.78 Å². The van der Waals surface area contributed by atoms with E-state index in [0.717, 1.165) is 18.2 Å². The average molecular weight is 514 g/mol. The minimum absolute atomic E-state index is 0.119. The first-order valence-electron chi connectivity index (χ1n) is 6.61. The van der Waals surface area contributed by atoms with Crippen LogP contribution in [0.2, 0.25) is 0 Å². The van der Waals surface area contributed by atoms with E-state index in [1.807, 2.05) is 0 Å². The molecule has 142 valence electrons. The number of aldehydes is 1. The summed E-state index contributed by atoms with van der Waals surface area (Å²) < 4.78 is 62.3. The maximum absolute atomic E-state index is 14.0. The van der Waals surface area contributed by atoms with E-state index in [9.17, 15) is 36.0 Å². The Morgan fingerprint density at radius 1 is 1.15 bits per heavy atom. The maximum Gasteiger partial charge on any atom is 0.355 e. The summed E-state index contributed by atoms with van der Waals surface area (Å²) in [5.41, 5.74) is -1.77. The molecule has 0 amide bonds. The van der Waals surface area contributed by atoms with Gasteiger partial charge in [0.15, 0.2) is 12.1 Å². The highest BCUT2D eigenvalue weighted by atomic mass is 127. The number of benzene rings is 1. The molecular formula is C13H6F3IN4O5S. The van der Waals surface area contributed by atoms with Gasteiger partial charge in [0.1, 0.15) is 5.82 Å². The van der Waals surface area contributed by atoms with E-state index < -0.39 is 59.9 Å². The van der Waals surface area contributed by atoms with Crippen LogP contribution in [0.3, 0.4) is 0 Å². The molecule has 1 aromatic heterocycles. The summed E-state index contributed by atoms with van der Waals surface area (Å²) in [6.07, 6.45) is 0.119. The van der Waals surface area contributed by atoms with Crippen LogP contribution in [-0.4, -0.2) is 45.0 Å². The average Bonchev–Trinajstić information content (AvgIpc) is 2.62. The first kappa shape index (κ1) is 20.8. The van der Waals surface area contributed by atoms with Gasteiger partial charge in [0.25, 0.3) is 13.8 Å². The van der Waals surface area contributed by atoms with Crippen LogP contribution in [0.25, 0.3) is 0 Å². The number of sulfonamides is 1. The van der Waals surface area contributed by atoms with E-state index >= 15 is 0 Å². The molecule has 0 spiro atoms. The van der Waals surface area contributed by atoms with Crippen molar-refractivity contribution in [2.75, 3.05) is 4.72 Å². The highest BCUT2D eigenvalue weighted by Gasteiger charge is 2.29. The number of aromatic nitrogens is 3. The molecule has 9 nitrogen and oxygen atoms in total.